The summed E-state index contributed by atoms with van der Waals surface area (Å²) in [4.78, 5) is 36.2. The fraction of sp³-hybridized carbons (Fsp3) is 0.348. The number of β-amino-alcohol motifs (C(OH)–C–C–N with tert-alkyl or cyclic N) is 1. The van der Waals surface area contributed by atoms with Gasteiger partial charge in [-0.05, 0) is 37.1 Å². The largest absolute Gasteiger partial charge is 0.391 e. The molecule has 170 valence electrons. The van der Waals surface area contributed by atoms with Gasteiger partial charge in [-0.2, -0.15) is 5.26 Å². The molecular formula is C23H24N6O4. The topological polar surface area (TPSA) is 133 Å². The van der Waals surface area contributed by atoms with Gasteiger partial charge in [0.15, 0.2) is 5.65 Å². The molecule has 3 heterocycles. The lowest BCUT2D eigenvalue weighted by molar-refractivity contribution is 0.0764. The number of nitriles is 1. The third-order valence-corrected chi connectivity index (χ3v) is 5.49. The lowest BCUT2D eigenvalue weighted by atomic mass is 10.1. The van der Waals surface area contributed by atoms with Gasteiger partial charge in [0.25, 0.3) is 11.8 Å². The standard InChI is InChI=1S/C23H24N6O4/c1-33-9-3-7-29-20-19(11-17(13-25-20)22(32)28-8-6-18(30)14-28)26-23(29)27-21(31)16-5-2-4-15(10-16)12-24/h2,4-5,10-11,13,18,30H,3,6-9,14H2,1H3,(H,26,27,31). The van der Waals surface area contributed by atoms with Crippen LogP contribution in [0.3, 0.4) is 0 Å². The van der Waals surface area contributed by atoms with Crippen LogP contribution in [0, 0.1) is 11.3 Å². The highest BCUT2D eigenvalue weighted by Crippen LogP contribution is 2.22. The predicted molar refractivity (Wildman–Crippen MR) is 120 cm³/mol. The van der Waals surface area contributed by atoms with Gasteiger partial charge >= 0.3 is 0 Å². The quantitative estimate of drug-likeness (QED) is 0.527. The number of ether oxygens (including phenoxy) is 1. The van der Waals surface area contributed by atoms with E-state index in [9.17, 15) is 14.7 Å². The van der Waals surface area contributed by atoms with Crippen molar-refractivity contribution in [1.29, 1.82) is 5.26 Å². The van der Waals surface area contributed by atoms with Crippen molar-refractivity contribution in [3.63, 3.8) is 0 Å². The molecular weight excluding hydrogens is 424 g/mol. The fourth-order valence-corrected chi connectivity index (χ4v) is 3.81. The van der Waals surface area contributed by atoms with E-state index in [-0.39, 0.29) is 5.91 Å². The summed E-state index contributed by atoms with van der Waals surface area (Å²) in [6.45, 7) is 1.81. The molecule has 1 aliphatic rings. The van der Waals surface area contributed by atoms with E-state index < -0.39 is 12.0 Å². The summed E-state index contributed by atoms with van der Waals surface area (Å²) in [5.74, 6) is -0.325. The first kappa shape index (κ1) is 22.4. The van der Waals surface area contributed by atoms with E-state index in [4.69, 9.17) is 10.00 Å². The minimum atomic E-state index is -0.507. The Bertz CT molecular complexity index is 1230. The lowest BCUT2D eigenvalue weighted by Gasteiger charge is -2.15. The highest BCUT2D eigenvalue weighted by Gasteiger charge is 2.26. The van der Waals surface area contributed by atoms with E-state index in [1.165, 1.54) is 12.3 Å². The first-order valence-electron chi connectivity index (χ1n) is 10.6. The molecule has 1 saturated heterocycles. The average molecular weight is 448 g/mol. The Morgan fingerprint density at radius 1 is 1.33 bits per heavy atom. The Kier molecular flexibility index (Phi) is 6.63. The molecule has 2 amide bonds. The number of pyridine rings is 1. The zero-order chi connectivity index (χ0) is 23.4. The second-order valence-corrected chi connectivity index (χ2v) is 7.84. The molecule has 1 unspecified atom stereocenters. The van der Waals surface area contributed by atoms with E-state index in [0.29, 0.717) is 72.9 Å². The van der Waals surface area contributed by atoms with Gasteiger partial charge in [-0.1, -0.05) is 6.07 Å². The van der Waals surface area contributed by atoms with E-state index in [2.05, 4.69) is 15.3 Å². The summed E-state index contributed by atoms with van der Waals surface area (Å²) in [6.07, 6.45) is 2.21. The minimum absolute atomic E-state index is 0.214. The van der Waals surface area contributed by atoms with Crippen LogP contribution in [0.5, 0.6) is 0 Å². The molecule has 1 atom stereocenters. The van der Waals surface area contributed by atoms with Gasteiger partial charge in [0, 0.05) is 45.1 Å². The molecule has 2 aromatic heterocycles. The number of nitrogens with zero attached hydrogens (tertiary/aromatic N) is 5. The lowest BCUT2D eigenvalue weighted by Crippen LogP contribution is -2.29. The molecule has 2 N–H and O–H groups in total. The van der Waals surface area contributed by atoms with Crippen molar-refractivity contribution in [2.75, 3.05) is 32.1 Å². The van der Waals surface area contributed by atoms with Crippen molar-refractivity contribution in [3.8, 4) is 6.07 Å². The Morgan fingerprint density at radius 3 is 2.91 bits per heavy atom. The summed E-state index contributed by atoms with van der Waals surface area (Å²) < 4.78 is 6.91. The molecule has 0 saturated carbocycles. The number of imidazole rings is 1. The highest BCUT2D eigenvalue weighted by atomic mass is 16.5. The van der Waals surface area contributed by atoms with Gasteiger partial charge in [-0.3, -0.25) is 19.5 Å². The van der Waals surface area contributed by atoms with Crippen LogP contribution in [-0.2, 0) is 11.3 Å². The monoisotopic (exact) mass is 448 g/mol. The van der Waals surface area contributed by atoms with Crippen molar-refractivity contribution < 1.29 is 19.4 Å². The zero-order valence-electron chi connectivity index (χ0n) is 18.2. The number of fused-ring (bicyclic) bond motifs is 1. The zero-order valence-corrected chi connectivity index (χ0v) is 18.2. The van der Waals surface area contributed by atoms with E-state index >= 15 is 0 Å². The number of carbonyl (C=O) groups excluding carboxylic acids is 2. The van der Waals surface area contributed by atoms with Crippen LogP contribution in [0.15, 0.2) is 36.5 Å². The van der Waals surface area contributed by atoms with Crippen LogP contribution < -0.4 is 5.32 Å². The maximum Gasteiger partial charge on any atom is 0.258 e. The number of aliphatic hydroxyl groups is 1. The number of anilines is 1. The van der Waals surface area contributed by atoms with Crippen molar-refractivity contribution >= 4 is 28.9 Å². The minimum Gasteiger partial charge on any atom is -0.391 e. The van der Waals surface area contributed by atoms with E-state index in [1.807, 2.05) is 6.07 Å². The number of amides is 2. The molecule has 3 aromatic rings. The average Bonchev–Trinajstić information content (AvgIpc) is 3.41. The molecule has 0 spiro atoms. The van der Waals surface area contributed by atoms with Crippen molar-refractivity contribution in [3.05, 3.63) is 53.2 Å². The first-order chi connectivity index (χ1) is 16.0. The van der Waals surface area contributed by atoms with Crippen molar-refractivity contribution in [2.45, 2.75) is 25.5 Å². The van der Waals surface area contributed by atoms with Crippen LogP contribution in [0.25, 0.3) is 11.2 Å². The van der Waals surface area contributed by atoms with Gasteiger partial charge in [-0.15, -0.1) is 0 Å². The van der Waals surface area contributed by atoms with E-state index in [0.717, 1.165) is 0 Å². The smallest absolute Gasteiger partial charge is 0.258 e. The van der Waals surface area contributed by atoms with Crippen LogP contribution in [0.4, 0.5) is 5.95 Å². The van der Waals surface area contributed by atoms with Crippen LogP contribution >= 0.6 is 0 Å². The summed E-state index contributed by atoms with van der Waals surface area (Å²) in [5, 5.41) is 21.6. The van der Waals surface area contributed by atoms with Crippen LogP contribution in [0.2, 0.25) is 0 Å². The SMILES string of the molecule is COCCCn1c(NC(=O)c2cccc(C#N)c2)nc2cc(C(=O)N3CCC(O)C3)cnc21. The van der Waals surface area contributed by atoms with Crippen molar-refractivity contribution in [1.82, 2.24) is 19.4 Å². The van der Waals surface area contributed by atoms with E-state index in [1.54, 1.807) is 40.8 Å². The van der Waals surface area contributed by atoms with Gasteiger partial charge in [-0.25, -0.2) is 9.97 Å². The second-order valence-electron chi connectivity index (χ2n) is 7.84. The number of hydrogen-bond acceptors (Lipinski definition) is 7. The number of carbonyl (C=O) groups is 2. The van der Waals surface area contributed by atoms with Crippen LogP contribution in [0.1, 0.15) is 39.1 Å². The van der Waals surface area contributed by atoms with Crippen molar-refractivity contribution in [2.24, 2.45) is 0 Å². The summed E-state index contributed by atoms with van der Waals surface area (Å²) in [6, 6.07) is 10.1. The van der Waals surface area contributed by atoms with Gasteiger partial charge in [0.1, 0.15) is 5.52 Å². The summed E-state index contributed by atoms with van der Waals surface area (Å²) >= 11 is 0. The second kappa shape index (κ2) is 9.77. The Morgan fingerprint density at radius 2 is 2.18 bits per heavy atom. The molecule has 4 rings (SSSR count). The molecule has 10 heteroatoms. The highest BCUT2D eigenvalue weighted by molar-refractivity contribution is 6.04. The number of methoxy groups -OCH3 is 1. The molecule has 10 nitrogen and oxygen atoms in total. The molecule has 1 fully saturated rings. The molecule has 33 heavy (non-hydrogen) atoms. The Balaban J connectivity index is 1.65. The van der Waals surface area contributed by atoms with Gasteiger partial charge in [0.05, 0.1) is 23.3 Å². The molecule has 1 aliphatic heterocycles. The number of aliphatic hydroxyl groups excluding tert-OH is 1. The fourth-order valence-electron chi connectivity index (χ4n) is 3.81. The predicted octanol–water partition coefficient (Wildman–Crippen LogP) is 1.80. The number of hydrogen-bond donors (Lipinski definition) is 2. The third-order valence-electron chi connectivity index (χ3n) is 5.49. The first-order valence-corrected chi connectivity index (χ1v) is 10.6. The number of nitrogens with one attached hydrogen (secondary N) is 1. The number of aryl methyl sites for hydroxylation is 1. The summed E-state index contributed by atoms with van der Waals surface area (Å²) in [7, 11) is 1.61. The summed E-state index contributed by atoms with van der Waals surface area (Å²) in [5.41, 5.74) is 2.09. The number of aromatic nitrogens is 3. The molecule has 0 aliphatic carbocycles. The van der Waals surface area contributed by atoms with Gasteiger partial charge in [0.2, 0.25) is 5.95 Å². The third kappa shape index (κ3) is 4.84. The van der Waals surface area contributed by atoms with Crippen LogP contribution in [-0.4, -0.2) is 69.3 Å². The maximum atomic E-state index is 12.8. The molecule has 0 radical (unpaired) electrons. The number of rotatable bonds is 7. The number of likely N-dealkylation sites (tertiary alicyclic amines) is 1. The Hall–Kier alpha value is -3.81. The van der Waals surface area contributed by atoms with Gasteiger partial charge < -0.3 is 14.7 Å². The molecule has 1 aromatic carbocycles. The maximum absolute atomic E-state index is 12.8. The number of benzene rings is 1. The normalized spacial score (nSPS) is 15.5. The Labute approximate surface area is 190 Å². The molecule has 0 bridgehead atoms.